The number of hydrogen-bond donors (Lipinski definition) is 2. The zero-order chi connectivity index (χ0) is 35.4. The number of hydrogen-bond acceptors (Lipinski definition) is 15. The first-order valence-electron chi connectivity index (χ1n) is 17.1. The Bertz CT molecular complexity index is 1560. The molecule has 272 valence electrons. The molecule has 0 bridgehead atoms. The lowest BCUT2D eigenvalue weighted by Gasteiger charge is -2.31. The van der Waals surface area contributed by atoms with Crippen molar-refractivity contribution in [3.05, 3.63) is 60.2 Å². The molecule has 2 aliphatic heterocycles. The lowest BCUT2D eigenvalue weighted by Crippen LogP contribution is -2.44. The number of anilines is 2. The minimum absolute atomic E-state index is 0.382. The zero-order valence-corrected chi connectivity index (χ0v) is 29.6. The van der Waals surface area contributed by atoms with E-state index in [4.69, 9.17) is 53.1 Å². The summed E-state index contributed by atoms with van der Waals surface area (Å²) in [5, 5.41) is 6.81. The van der Waals surface area contributed by atoms with Gasteiger partial charge in [-0.2, -0.15) is 0 Å². The summed E-state index contributed by atoms with van der Waals surface area (Å²) < 4.78 is 40.1. The fraction of sp³-hybridized carbons (Fsp3) is 0.444. The molecule has 0 spiro atoms. The summed E-state index contributed by atoms with van der Waals surface area (Å²) in [6.07, 6.45) is 4.54. The molecule has 0 saturated carbocycles. The minimum atomic E-state index is 0.382. The van der Waals surface area contributed by atoms with Crippen LogP contribution in [0.2, 0.25) is 0 Å². The standard InChI is InChI=1S/C36H46N8O7/c1-45-27-17-28(46-2)20-31(19-27)49-15-5-25-23-39-35(33(41-25)43-11-7-37-8-12-43)51-36-34(44-13-9-38-10-14-44)42-26(24-40-36)6-16-50-32-21-29(47-3)18-30(22-32)48-4/h17-24,37-38H,5-16H2,1-4H3. The highest BCUT2D eigenvalue weighted by Crippen LogP contribution is 2.34. The maximum Gasteiger partial charge on any atom is 0.264 e. The largest absolute Gasteiger partial charge is 0.496 e. The Balaban J connectivity index is 1.19. The maximum absolute atomic E-state index is 6.52. The van der Waals surface area contributed by atoms with Gasteiger partial charge in [0, 0.05) is 102 Å². The molecule has 2 aromatic heterocycles. The lowest BCUT2D eigenvalue weighted by atomic mass is 10.3. The van der Waals surface area contributed by atoms with Gasteiger partial charge in [0.25, 0.3) is 11.8 Å². The highest BCUT2D eigenvalue weighted by atomic mass is 16.5. The molecule has 0 radical (unpaired) electrons. The summed E-state index contributed by atoms with van der Waals surface area (Å²) in [4.78, 5) is 24.0. The van der Waals surface area contributed by atoms with Gasteiger partial charge < -0.3 is 53.6 Å². The fourth-order valence-electron chi connectivity index (χ4n) is 5.73. The van der Waals surface area contributed by atoms with Crippen molar-refractivity contribution in [3.8, 4) is 46.3 Å². The SMILES string of the molecule is COc1cc(OC)cc(OCCc2cnc(Oc3ncc(CCOc4cc(OC)cc(OC)c4)nc3N3CCNCC3)c(N3CCNCC3)n2)c1. The molecular formula is C36H46N8O7. The van der Waals surface area contributed by atoms with E-state index in [0.29, 0.717) is 83.9 Å². The van der Waals surface area contributed by atoms with Crippen LogP contribution in [-0.2, 0) is 12.8 Å². The number of nitrogens with zero attached hydrogens (tertiary/aromatic N) is 6. The van der Waals surface area contributed by atoms with Gasteiger partial charge in [-0.1, -0.05) is 0 Å². The van der Waals surface area contributed by atoms with Crippen molar-refractivity contribution in [2.75, 3.05) is 104 Å². The molecule has 2 N–H and O–H groups in total. The molecule has 4 aromatic rings. The van der Waals surface area contributed by atoms with Crippen LogP contribution in [-0.4, -0.2) is 114 Å². The second-order valence-electron chi connectivity index (χ2n) is 11.9. The molecule has 4 heterocycles. The Morgan fingerprint density at radius 3 is 1.24 bits per heavy atom. The summed E-state index contributed by atoms with van der Waals surface area (Å²) in [7, 11) is 6.45. The van der Waals surface area contributed by atoms with Gasteiger partial charge in [0.1, 0.15) is 34.5 Å². The van der Waals surface area contributed by atoms with Gasteiger partial charge in [-0.3, -0.25) is 0 Å². The first-order chi connectivity index (χ1) is 25.0. The van der Waals surface area contributed by atoms with E-state index in [0.717, 1.165) is 63.7 Å². The smallest absolute Gasteiger partial charge is 0.264 e. The molecule has 2 aromatic carbocycles. The van der Waals surface area contributed by atoms with Crippen molar-refractivity contribution in [1.82, 2.24) is 30.6 Å². The first-order valence-corrected chi connectivity index (χ1v) is 17.1. The van der Waals surface area contributed by atoms with Gasteiger partial charge >= 0.3 is 0 Å². The Hall–Kier alpha value is -5.28. The van der Waals surface area contributed by atoms with E-state index in [1.54, 1.807) is 53.0 Å². The number of rotatable bonds is 16. The molecule has 0 amide bonds. The predicted octanol–water partition coefficient (Wildman–Crippen LogP) is 3.16. The van der Waals surface area contributed by atoms with Gasteiger partial charge in [-0.25, -0.2) is 19.9 Å². The Kier molecular flexibility index (Phi) is 12.3. The van der Waals surface area contributed by atoms with Crippen LogP contribution in [0.25, 0.3) is 0 Å². The van der Waals surface area contributed by atoms with Gasteiger partial charge in [-0.15, -0.1) is 0 Å². The van der Waals surface area contributed by atoms with Gasteiger partial charge in [-0.05, 0) is 0 Å². The van der Waals surface area contributed by atoms with Crippen molar-refractivity contribution in [1.29, 1.82) is 0 Å². The minimum Gasteiger partial charge on any atom is -0.496 e. The van der Waals surface area contributed by atoms with Crippen LogP contribution in [0.15, 0.2) is 48.8 Å². The van der Waals surface area contributed by atoms with Gasteiger partial charge in [0.05, 0.1) is 65.4 Å². The highest BCUT2D eigenvalue weighted by molar-refractivity contribution is 5.55. The number of methoxy groups -OCH3 is 4. The third-order valence-corrected chi connectivity index (χ3v) is 8.47. The molecule has 2 saturated heterocycles. The van der Waals surface area contributed by atoms with Crippen LogP contribution in [0.5, 0.6) is 46.3 Å². The fourth-order valence-corrected chi connectivity index (χ4v) is 5.73. The van der Waals surface area contributed by atoms with Crippen LogP contribution >= 0.6 is 0 Å². The van der Waals surface area contributed by atoms with E-state index in [1.807, 2.05) is 24.3 Å². The molecular weight excluding hydrogens is 656 g/mol. The molecule has 2 aliphatic rings. The average molecular weight is 703 g/mol. The third kappa shape index (κ3) is 9.49. The molecule has 51 heavy (non-hydrogen) atoms. The highest BCUT2D eigenvalue weighted by Gasteiger charge is 2.24. The topological polar surface area (TPSA) is 147 Å². The van der Waals surface area contributed by atoms with Crippen LogP contribution in [0.3, 0.4) is 0 Å². The molecule has 2 fully saturated rings. The van der Waals surface area contributed by atoms with Crippen LogP contribution in [0, 0.1) is 0 Å². The zero-order valence-electron chi connectivity index (χ0n) is 29.6. The lowest BCUT2D eigenvalue weighted by molar-refractivity contribution is 0.313. The van der Waals surface area contributed by atoms with Crippen LogP contribution in [0.4, 0.5) is 11.6 Å². The van der Waals surface area contributed by atoms with E-state index >= 15 is 0 Å². The van der Waals surface area contributed by atoms with Gasteiger partial charge in [0.15, 0.2) is 11.6 Å². The second-order valence-corrected chi connectivity index (χ2v) is 11.9. The average Bonchev–Trinajstić information content (AvgIpc) is 3.19. The van der Waals surface area contributed by atoms with Crippen molar-refractivity contribution in [2.24, 2.45) is 0 Å². The quantitative estimate of drug-likeness (QED) is 0.176. The van der Waals surface area contributed by atoms with Crippen LogP contribution < -0.4 is 53.6 Å². The summed E-state index contributed by atoms with van der Waals surface area (Å²) in [5.74, 6) is 6.02. The number of benzene rings is 2. The molecule has 0 atom stereocenters. The Labute approximate surface area is 298 Å². The van der Waals surface area contributed by atoms with Crippen molar-refractivity contribution in [2.45, 2.75) is 12.8 Å². The molecule has 15 heteroatoms. The summed E-state index contributed by atoms with van der Waals surface area (Å²) in [6.45, 7) is 7.17. The Morgan fingerprint density at radius 1 is 0.529 bits per heavy atom. The number of nitrogens with one attached hydrogen (secondary N) is 2. The maximum atomic E-state index is 6.52. The molecule has 15 nitrogen and oxygen atoms in total. The summed E-state index contributed by atoms with van der Waals surface area (Å²) in [6, 6.07) is 10.9. The van der Waals surface area contributed by atoms with Crippen LogP contribution in [0.1, 0.15) is 11.4 Å². The van der Waals surface area contributed by atoms with Gasteiger partial charge in [0.2, 0.25) is 0 Å². The molecule has 6 rings (SSSR count). The van der Waals surface area contributed by atoms with Crippen molar-refractivity contribution >= 4 is 11.6 Å². The Morgan fingerprint density at radius 2 is 0.882 bits per heavy atom. The van der Waals surface area contributed by atoms with E-state index in [1.165, 1.54) is 0 Å². The molecule has 0 unspecified atom stereocenters. The van der Waals surface area contributed by atoms with Crippen molar-refractivity contribution in [3.63, 3.8) is 0 Å². The predicted molar refractivity (Wildman–Crippen MR) is 192 cm³/mol. The number of aromatic nitrogens is 4. The second kappa shape index (κ2) is 17.6. The number of ether oxygens (including phenoxy) is 7. The third-order valence-electron chi connectivity index (χ3n) is 8.47. The van der Waals surface area contributed by atoms with E-state index in [2.05, 4.69) is 20.4 Å². The summed E-state index contributed by atoms with van der Waals surface area (Å²) in [5.41, 5.74) is 1.56. The number of piperazine rings is 2. The van der Waals surface area contributed by atoms with E-state index < -0.39 is 0 Å². The van der Waals surface area contributed by atoms with Crippen molar-refractivity contribution < 1.29 is 33.2 Å². The normalized spacial score (nSPS) is 14.5. The molecule has 0 aliphatic carbocycles. The monoisotopic (exact) mass is 702 g/mol. The first kappa shape index (κ1) is 35.5. The summed E-state index contributed by atoms with van der Waals surface area (Å²) >= 11 is 0. The van der Waals surface area contributed by atoms with E-state index in [-0.39, 0.29) is 0 Å². The van der Waals surface area contributed by atoms with E-state index in [9.17, 15) is 0 Å².